The van der Waals surface area contributed by atoms with Crippen LogP contribution in [0.4, 0.5) is 5.69 Å². The maximum Gasteiger partial charge on any atom is 0.337 e. The van der Waals surface area contributed by atoms with Crippen molar-refractivity contribution < 1.29 is 28.7 Å². The lowest BCUT2D eigenvalue weighted by atomic mass is 10.2. The quantitative estimate of drug-likeness (QED) is 0.752. The Balaban J connectivity index is 1.79. The standard InChI is InChI=1S/C15H16N2O6/c1-22-14(20)9-2-4-10(5-3-9)16-13(19)8-23-15(21)11-6-7-12(18)17-11/h2-5,11H,6-8H2,1H3,(H,16,19)(H,17,18)/t11-/m1/s1. The van der Waals surface area contributed by atoms with Gasteiger partial charge in [0.05, 0.1) is 12.7 Å². The second kappa shape index (κ2) is 7.39. The summed E-state index contributed by atoms with van der Waals surface area (Å²) >= 11 is 0. The van der Waals surface area contributed by atoms with Crippen LogP contribution in [0.5, 0.6) is 0 Å². The highest BCUT2D eigenvalue weighted by atomic mass is 16.5. The summed E-state index contributed by atoms with van der Waals surface area (Å²) in [6.45, 7) is -0.454. The van der Waals surface area contributed by atoms with E-state index in [-0.39, 0.29) is 12.3 Å². The summed E-state index contributed by atoms with van der Waals surface area (Å²) in [5.41, 5.74) is 0.807. The Labute approximate surface area is 132 Å². The minimum absolute atomic E-state index is 0.206. The van der Waals surface area contributed by atoms with E-state index in [1.807, 2.05) is 0 Å². The smallest absolute Gasteiger partial charge is 0.337 e. The fraction of sp³-hybridized carbons (Fsp3) is 0.333. The van der Waals surface area contributed by atoms with E-state index in [0.717, 1.165) is 0 Å². The van der Waals surface area contributed by atoms with Gasteiger partial charge in [0.1, 0.15) is 6.04 Å². The van der Waals surface area contributed by atoms with Gasteiger partial charge in [0.25, 0.3) is 5.91 Å². The van der Waals surface area contributed by atoms with Gasteiger partial charge in [0.15, 0.2) is 6.61 Å². The largest absolute Gasteiger partial charge is 0.465 e. The van der Waals surface area contributed by atoms with Gasteiger partial charge >= 0.3 is 11.9 Å². The van der Waals surface area contributed by atoms with Crippen molar-refractivity contribution in [3.63, 3.8) is 0 Å². The van der Waals surface area contributed by atoms with Gasteiger partial charge < -0.3 is 20.1 Å². The summed E-state index contributed by atoms with van der Waals surface area (Å²) in [6, 6.07) is 5.38. The molecule has 2 amide bonds. The summed E-state index contributed by atoms with van der Waals surface area (Å²) in [5, 5.41) is 4.99. The molecule has 2 rings (SSSR count). The summed E-state index contributed by atoms with van der Waals surface area (Å²) < 4.78 is 9.41. The Morgan fingerprint density at radius 2 is 1.96 bits per heavy atom. The van der Waals surface area contributed by atoms with Crippen LogP contribution in [0.3, 0.4) is 0 Å². The molecular formula is C15H16N2O6. The molecule has 1 saturated heterocycles. The van der Waals surface area contributed by atoms with Crippen molar-refractivity contribution in [2.75, 3.05) is 19.0 Å². The molecule has 1 aromatic carbocycles. The van der Waals surface area contributed by atoms with Crippen LogP contribution in [0, 0.1) is 0 Å². The van der Waals surface area contributed by atoms with Crippen molar-refractivity contribution in [1.82, 2.24) is 5.32 Å². The molecule has 0 bridgehead atoms. The zero-order valence-electron chi connectivity index (χ0n) is 12.5. The van der Waals surface area contributed by atoms with E-state index in [2.05, 4.69) is 15.4 Å². The topological polar surface area (TPSA) is 111 Å². The van der Waals surface area contributed by atoms with Crippen LogP contribution in [0.25, 0.3) is 0 Å². The van der Waals surface area contributed by atoms with Gasteiger partial charge in [-0.1, -0.05) is 0 Å². The molecule has 23 heavy (non-hydrogen) atoms. The SMILES string of the molecule is COC(=O)c1ccc(NC(=O)COC(=O)[C@H]2CCC(=O)N2)cc1. The van der Waals surface area contributed by atoms with Crippen LogP contribution in [0.15, 0.2) is 24.3 Å². The third-order valence-electron chi connectivity index (χ3n) is 3.22. The molecule has 1 aliphatic rings. The Morgan fingerprint density at radius 3 is 2.52 bits per heavy atom. The summed E-state index contributed by atoms with van der Waals surface area (Å²) in [5.74, 6) is -1.84. The molecule has 0 saturated carbocycles. The van der Waals surface area contributed by atoms with Crippen molar-refractivity contribution >= 4 is 29.4 Å². The van der Waals surface area contributed by atoms with Gasteiger partial charge in [-0.2, -0.15) is 0 Å². The fourth-order valence-corrected chi connectivity index (χ4v) is 2.03. The highest BCUT2D eigenvalue weighted by Crippen LogP contribution is 2.11. The summed E-state index contributed by atoms with van der Waals surface area (Å²) in [6.07, 6.45) is 0.646. The highest BCUT2D eigenvalue weighted by Gasteiger charge is 2.28. The molecule has 0 aromatic heterocycles. The van der Waals surface area contributed by atoms with Gasteiger partial charge in [-0.15, -0.1) is 0 Å². The van der Waals surface area contributed by atoms with Crippen molar-refractivity contribution in [3.05, 3.63) is 29.8 Å². The zero-order valence-corrected chi connectivity index (χ0v) is 12.5. The van der Waals surface area contributed by atoms with Gasteiger partial charge in [0, 0.05) is 12.1 Å². The molecule has 1 aliphatic heterocycles. The fourth-order valence-electron chi connectivity index (χ4n) is 2.03. The summed E-state index contributed by atoms with van der Waals surface area (Å²) in [7, 11) is 1.28. The number of rotatable bonds is 5. The van der Waals surface area contributed by atoms with Crippen molar-refractivity contribution in [3.8, 4) is 0 Å². The Morgan fingerprint density at radius 1 is 1.26 bits per heavy atom. The number of carbonyl (C=O) groups is 4. The van der Waals surface area contributed by atoms with Crippen LogP contribution in [0.1, 0.15) is 23.2 Å². The lowest BCUT2D eigenvalue weighted by Gasteiger charge is -2.10. The third-order valence-corrected chi connectivity index (χ3v) is 3.22. The third kappa shape index (κ3) is 4.53. The van der Waals surface area contributed by atoms with Gasteiger partial charge in [-0.3, -0.25) is 9.59 Å². The number of hydrogen-bond acceptors (Lipinski definition) is 6. The first-order valence-electron chi connectivity index (χ1n) is 6.94. The van der Waals surface area contributed by atoms with Crippen LogP contribution >= 0.6 is 0 Å². The first kappa shape index (κ1) is 16.5. The van der Waals surface area contributed by atoms with Gasteiger partial charge in [0.2, 0.25) is 5.91 Å². The Kier molecular flexibility index (Phi) is 5.29. The number of ether oxygens (including phenoxy) is 2. The van der Waals surface area contributed by atoms with Crippen LogP contribution in [0.2, 0.25) is 0 Å². The number of anilines is 1. The first-order valence-corrected chi connectivity index (χ1v) is 6.94. The highest BCUT2D eigenvalue weighted by molar-refractivity contribution is 5.95. The zero-order chi connectivity index (χ0) is 16.8. The monoisotopic (exact) mass is 320 g/mol. The summed E-state index contributed by atoms with van der Waals surface area (Å²) in [4.78, 5) is 45.6. The van der Waals surface area contributed by atoms with E-state index in [9.17, 15) is 19.2 Å². The normalized spacial score (nSPS) is 16.4. The van der Waals surface area contributed by atoms with Crippen LogP contribution in [-0.2, 0) is 23.9 Å². The van der Waals surface area contributed by atoms with E-state index < -0.39 is 30.5 Å². The Bertz CT molecular complexity index is 625. The maximum atomic E-state index is 11.7. The molecule has 122 valence electrons. The second-order valence-electron chi connectivity index (χ2n) is 4.88. The molecule has 1 heterocycles. The second-order valence-corrected chi connectivity index (χ2v) is 4.88. The molecule has 0 unspecified atom stereocenters. The predicted molar refractivity (Wildman–Crippen MR) is 78.5 cm³/mol. The van der Waals surface area contributed by atoms with E-state index in [4.69, 9.17) is 4.74 Å². The molecule has 0 spiro atoms. The molecular weight excluding hydrogens is 304 g/mol. The first-order chi connectivity index (χ1) is 11.0. The molecule has 1 fully saturated rings. The van der Waals surface area contributed by atoms with E-state index in [1.54, 1.807) is 0 Å². The average molecular weight is 320 g/mol. The van der Waals surface area contributed by atoms with Crippen molar-refractivity contribution in [1.29, 1.82) is 0 Å². The number of benzene rings is 1. The lowest BCUT2D eigenvalue weighted by Crippen LogP contribution is -2.36. The van der Waals surface area contributed by atoms with E-state index >= 15 is 0 Å². The number of hydrogen-bond donors (Lipinski definition) is 2. The molecule has 1 atom stereocenters. The van der Waals surface area contributed by atoms with Crippen molar-refractivity contribution in [2.24, 2.45) is 0 Å². The minimum atomic E-state index is -0.686. The average Bonchev–Trinajstić information content (AvgIpc) is 2.99. The molecule has 0 aliphatic carbocycles. The number of amides is 2. The van der Waals surface area contributed by atoms with Crippen molar-refractivity contribution in [2.45, 2.75) is 18.9 Å². The molecule has 8 nitrogen and oxygen atoms in total. The van der Waals surface area contributed by atoms with Crippen LogP contribution in [-0.4, -0.2) is 43.5 Å². The molecule has 8 heteroatoms. The molecule has 1 aromatic rings. The van der Waals surface area contributed by atoms with Gasteiger partial charge in [-0.25, -0.2) is 9.59 Å². The number of nitrogens with one attached hydrogen (secondary N) is 2. The Hall–Kier alpha value is -2.90. The number of methoxy groups -OCH3 is 1. The number of esters is 2. The van der Waals surface area contributed by atoms with Gasteiger partial charge in [-0.05, 0) is 30.7 Å². The minimum Gasteiger partial charge on any atom is -0.465 e. The van der Waals surface area contributed by atoms with E-state index in [1.165, 1.54) is 31.4 Å². The maximum absolute atomic E-state index is 11.7. The van der Waals surface area contributed by atoms with Crippen LogP contribution < -0.4 is 10.6 Å². The molecule has 2 N–H and O–H groups in total. The lowest BCUT2D eigenvalue weighted by molar-refractivity contribution is -0.149. The number of carbonyl (C=O) groups excluding carboxylic acids is 4. The molecule has 0 radical (unpaired) electrons. The predicted octanol–water partition coefficient (Wildman–Crippen LogP) is 0.233. The van der Waals surface area contributed by atoms with E-state index in [0.29, 0.717) is 17.7 Å².